The lowest BCUT2D eigenvalue weighted by molar-refractivity contribution is -0.221. The van der Waals surface area contributed by atoms with Crippen molar-refractivity contribution in [1.29, 1.82) is 0 Å². The Morgan fingerprint density at radius 1 is 0.818 bits per heavy atom. The third kappa shape index (κ3) is 1.79. The molecule has 4 saturated carbocycles. The average molecular weight is 308 g/mol. The molecule has 1 unspecified atom stereocenters. The van der Waals surface area contributed by atoms with E-state index in [0.29, 0.717) is 24.2 Å². The van der Waals surface area contributed by atoms with Crippen LogP contribution in [-0.2, 0) is 0 Å². The van der Waals surface area contributed by atoms with Crippen LogP contribution in [0.15, 0.2) is 0 Å². The minimum Gasteiger partial charge on any atom is -0.393 e. The maximum atomic E-state index is 11.3. The summed E-state index contributed by atoms with van der Waals surface area (Å²) < 4.78 is 0. The van der Waals surface area contributed by atoms with E-state index in [1.54, 1.807) is 0 Å². The van der Waals surface area contributed by atoms with Gasteiger partial charge in [-0.2, -0.15) is 0 Å². The van der Waals surface area contributed by atoms with Gasteiger partial charge < -0.3 is 15.3 Å². The maximum absolute atomic E-state index is 11.3. The van der Waals surface area contributed by atoms with Gasteiger partial charge in [0.2, 0.25) is 0 Å². The van der Waals surface area contributed by atoms with E-state index in [4.69, 9.17) is 0 Å². The van der Waals surface area contributed by atoms with Crippen molar-refractivity contribution in [3.05, 3.63) is 0 Å². The molecule has 0 aromatic heterocycles. The van der Waals surface area contributed by atoms with E-state index in [9.17, 15) is 15.3 Å². The van der Waals surface area contributed by atoms with Crippen molar-refractivity contribution in [2.75, 3.05) is 0 Å². The first-order valence-electron chi connectivity index (χ1n) is 9.39. The Bertz CT molecular complexity index is 466. The SMILES string of the molecule is C[C@]12CC[C@H]3[C@@H](CCC4(O)C[C@@H](O)CC[C@]34C)[C@@H]1CC[C@@H]2O. The molecule has 0 bridgehead atoms. The minimum atomic E-state index is -0.670. The normalized spacial score (nSPS) is 61.2. The second-order valence-electron chi connectivity index (χ2n) is 9.40. The van der Waals surface area contributed by atoms with E-state index in [2.05, 4.69) is 13.8 Å². The topological polar surface area (TPSA) is 60.7 Å². The van der Waals surface area contributed by atoms with Crippen LogP contribution >= 0.6 is 0 Å². The van der Waals surface area contributed by atoms with E-state index in [0.717, 1.165) is 51.4 Å². The molecule has 3 heteroatoms. The fraction of sp³-hybridized carbons (Fsp3) is 1.00. The van der Waals surface area contributed by atoms with Crippen LogP contribution in [0.3, 0.4) is 0 Å². The van der Waals surface area contributed by atoms with Gasteiger partial charge in [-0.1, -0.05) is 13.8 Å². The maximum Gasteiger partial charge on any atom is 0.0728 e. The van der Waals surface area contributed by atoms with E-state index in [1.165, 1.54) is 0 Å². The van der Waals surface area contributed by atoms with Crippen molar-refractivity contribution < 1.29 is 15.3 Å². The zero-order valence-electron chi connectivity index (χ0n) is 14.1. The highest BCUT2D eigenvalue weighted by atomic mass is 16.3. The summed E-state index contributed by atoms with van der Waals surface area (Å²) in [6.45, 7) is 4.60. The molecule has 0 aromatic rings. The Labute approximate surface area is 134 Å². The lowest BCUT2D eigenvalue weighted by Crippen LogP contribution is -2.63. The standard InChI is InChI=1S/C19H32O3/c1-17-8-7-15-13(14(17)3-4-16(17)21)6-10-19(22)11-12(20)5-9-18(15,19)2/h12-16,20-22H,3-11H2,1-2H3/t12-,13-,14-,15-,16-,17-,18+,19?/m0/s1. The summed E-state index contributed by atoms with van der Waals surface area (Å²) >= 11 is 0. The van der Waals surface area contributed by atoms with Crippen LogP contribution < -0.4 is 0 Å². The number of fused-ring (bicyclic) bond motifs is 5. The summed E-state index contributed by atoms with van der Waals surface area (Å²) in [6.07, 6.45) is 8.21. The number of aliphatic hydroxyl groups is 3. The molecule has 3 N–H and O–H groups in total. The third-order valence-corrected chi connectivity index (χ3v) is 8.73. The van der Waals surface area contributed by atoms with E-state index in [1.807, 2.05) is 0 Å². The Hall–Kier alpha value is -0.120. The molecule has 0 spiro atoms. The Morgan fingerprint density at radius 2 is 1.59 bits per heavy atom. The van der Waals surface area contributed by atoms with Crippen molar-refractivity contribution in [2.24, 2.45) is 28.6 Å². The predicted molar refractivity (Wildman–Crippen MR) is 85.2 cm³/mol. The fourth-order valence-corrected chi connectivity index (χ4v) is 7.20. The van der Waals surface area contributed by atoms with Gasteiger partial charge in [0.15, 0.2) is 0 Å². The van der Waals surface area contributed by atoms with Gasteiger partial charge in [0.25, 0.3) is 0 Å². The van der Waals surface area contributed by atoms with Gasteiger partial charge in [-0.05, 0) is 80.0 Å². The first-order chi connectivity index (χ1) is 10.3. The number of rotatable bonds is 0. The van der Waals surface area contributed by atoms with E-state index < -0.39 is 5.60 Å². The second kappa shape index (κ2) is 4.70. The number of aliphatic hydroxyl groups excluding tert-OH is 2. The molecular weight excluding hydrogens is 276 g/mol. The van der Waals surface area contributed by atoms with Gasteiger partial charge in [-0.15, -0.1) is 0 Å². The molecule has 22 heavy (non-hydrogen) atoms. The van der Waals surface area contributed by atoms with Gasteiger partial charge in [0.05, 0.1) is 17.8 Å². The summed E-state index contributed by atoms with van der Waals surface area (Å²) in [7, 11) is 0. The van der Waals surface area contributed by atoms with Gasteiger partial charge in [0.1, 0.15) is 0 Å². The zero-order valence-corrected chi connectivity index (χ0v) is 14.1. The van der Waals surface area contributed by atoms with Crippen LogP contribution in [0.4, 0.5) is 0 Å². The Morgan fingerprint density at radius 3 is 2.36 bits per heavy atom. The summed E-state index contributed by atoms with van der Waals surface area (Å²) in [4.78, 5) is 0. The monoisotopic (exact) mass is 308 g/mol. The average Bonchev–Trinajstić information content (AvgIpc) is 2.76. The van der Waals surface area contributed by atoms with E-state index >= 15 is 0 Å². The molecule has 8 atom stereocenters. The second-order valence-corrected chi connectivity index (χ2v) is 9.40. The molecule has 4 fully saturated rings. The Kier molecular flexibility index (Phi) is 3.30. The van der Waals surface area contributed by atoms with Crippen molar-refractivity contribution in [3.8, 4) is 0 Å². The summed E-state index contributed by atoms with van der Waals surface area (Å²) in [6, 6.07) is 0. The number of hydrogen-bond donors (Lipinski definition) is 3. The highest BCUT2D eigenvalue weighted by molar-refractivity contribution is 5.14. The molecule has 0 saturated heterocycles. The highest BCUT2D eigenvalue weighted by Gasteiger charge is 2.64. The molecule has 4 aliphatic rings. The molecule has 4 aliphatic carbocycles. The summed E-state index contributed by atoms with van der Waals surface area (Å²) in [5, 5.41) is 31.8. The van der Waals surface area contributed by atoms with Crippen molar-refractivity contribution in [3.63, 3.8) is 0 Å². The molecule has 3 nitrogen and oxygen atoms in total. The van der Waals surface area contributed by atoms with Crippen LogP contribution in [0.2, 0.25) is 0 Å². The highest BCUT2D eigenvalue weighted by Crippen LogP contribution is 2.67. The first-order valence-corrected chi connectivity index (χ1v) is 9.39. The fourth-order valence-electron chi connectivity index (χ4n) is 7.20. The molecule has 0 amide bonds. The van der Waals surface area contributed by atoms with Crippen LogP contribution in [0.5, 0.6) is 0 Å². The van der Waals surface area contributed by atoms with Gasteiger partial charge in [-0.3, -0.25) is 0 Å². The summed E-state index contributed by atoms with van der Waals surface area (Å²) in [5.41, 5.74) is -0.595. The quantitative estimate of drug-likeness (QED) is 0.645. The molecule has 0 aliphatic heterocycles. The summed E-state index contributed by atoms with van der Waals surface area (Å²) in [5.74, 6) is 1.87. The Balaban J connectivity index is 1.67. The van der Waals surface area contributed by atoms with Gasteiger partial charge >= 0.3 is 0 Å². The minimum absolute atomic E-state index is 0.0377. The molecular formula is C19H32O3. The first kappa shape index (κ1) is 15.4. The molecule has 0 aromatic carbocycles. The van der Waals surface area contributed by atoms with Crippen molar-refractivity contribution in [1.82, 2.24) is 0 Å². The molecule has 0 radical (unpaired) electrons. The van der Waals surface area contributed by atoms with Crippen molar-refractivity contribution in [2.45, 2.75) is 89.4 Å². The lowest BCUT2D eigenvalue weighted by atomic mass is 9.43. The van der Waals surface area contributed by atoms with Crippen molar-refractivity contribution >= 4 is 0 Å². The van der Waals surface area contributed by atoms with Gasteiger partial charge in [-0.25, -0.2) is 0 Å². The smallest absolute Gasteiger partial charge is 0.0728 e. The predicted octanol–water partition coefficient (Wildman–Crippen LogP) is 2.87. The van der Waals surface area contributed by atoms with Gasteiger partial charge in [0, 0.05) is 6.42 Å². The number of hydrogen-bond acceptors (Lipinski definition) is 3. The van der Waals surface area contributed by atoms with Crippen LogP contribution in [0.25, 0.3) is 0 Å². The molecule has 4 rings (SSSR count). The van der Waals surface area contributed by atoms with Crippen LogP contribution in [0, 0.1) is 28.6 Å². The third-order valence-electron chi connectivity index (χ3n) is 8.73. The largest absolute Gasteiger partial charge is 0.393 e. The van der Waals surface area contributed by atoms with Crippen LogP contribution in [0.1, 0.15) is 71.6 Å². The van der Waals surface area contributed by atoms with Crippen LogP contribution in [-0.4, -0.2) is 33.1 Å². The zero-order chi connectivity index (χ0) is 15.8. The molecule has 126 valence electrons. The lowest BCUT2D eigenvalue weighted by Gasteiger charge is -2.63. The van der Waals surface area contributed by atoms with E-state index in [-0.39, 0.29) is 23.0 Å². The molecule has 0 heterocycles.